The highest BCUT2D eigenvalue weighted by Gasteiger charge is 2.08. The molecule has 2 aromatic rings. The Bertz CT molecular complexity index is 678. The van der Waals surface area contributed by atoms with Crippen molar-refractivity contribution < 1.29 is 14.3 Å². The molecule has 2 rings (SSSR count). The van der Waals surface area contributed by atoms with E-state index in [1.807, 2.05) is 0 Å². The molecule has 0 aliphatic heterocycles. The zero-order chi connectivity index (χ0) is 15.6. The normalized spacial score (nSPS) is 10.5. The summed E-state index contributed by atoms with van der Waals surface area (Å²) in [5.74, 6) is -1.21. The second-order valence-electron chi connectivity index (χ2n) is 4.90. The molecule has 0 aliphatic rings. The Balaban J connectivity index is 2.15. The molecule has 2 aromatic carbocycles. The van der Waals surface area contributed by atoms with Gasteiger partial charge < -0.3 is 10.4 Å². The average Bonchev–Trinajstić information content (AvgIpc) is 2.43. The lowest BCUT2D eigenvalue weighted by Crippen LogP contribution is -2.03. The van der Waals surface area contributed by atoms with Gasteiger partial charge in [0.05, 0.1) is 16.3 Å². The molecule has 2 N–H and O–H groups in total. The number of rotatable bonds is 4. The number of aromatic carboxylic acids is 1. The SMILES string of the molecule is Cc1cc(CNc2ccc(C(=O)O)cc2Cl)cc(C)c1F. The zero-order valence-electron chi connectivity index (χ0n) is 11.7. The van der Waals surface area contributed by atoms with Crippen molar-refractivity contribution in [1.29, 1.82) is 0 Å². The molecule has 5 heteroatoms. The van der Waals surface area contributed by atoms with E-state index >= 15 is 0 Å². The Hall–Kier alpha value is -2.07. The second-order valence-corrected chi connectivity index (χ2v) is 5.30. The molecular formula is C16H15ClFNO2. The smallest absolute Gasteiger partial charge is 0.335 e. The van der Waals surface area contributed by atoms with E-state index in [1.165, 1.54) is 12.1 Å². The Morgan fingerprint density at radius 3 is 2.38 bits per heavy atom. The van der Waals surface area contributed by atoms with E-state index in [1.54, 1.807) is 32.0 Å². The summed E-state index contributed by atoms with van der Waals surface area (Å²) in [7, 11) is 0. The molecule has 0 radical (unpaired) electrons. The van der Waals surface area contributed by atoms with Gasteiger partial charge in [0.1, 0.15) is 5.82 Å². The number of hydrogen-bond acceptors (Lipinski definition) is 2. The topological polar surface area (TPSA) is 49.3 Å². The maximum absolute atomic E-state index is 13.6. The van der Waals surface area contributed by atoms with E-state index in [-0.39, 0.29) is 11.4 Å². The average molecular weight is 308 g/mol. The third-order valence-electron chi connectivity index (χ3n) is 3.20. The molecular weight excluding hydrogens is 293 g/mol. The van der Waals surface area contributed by atoms with Crippen LogP contribution in [-0.4, -0.2) is 11.1 Å². The van der Waals surface area contributed by atoms with Gasteiger partial charge in [0, 0.05) is 6.54 Å². The number of benzene rings is 2. The van der Waals surface area contributed by atoms with E-state index in [0.29, 0.717) is 28.4 Å². The van der Waals surface area contributed by atoms with Crippen LogP contribution in [0, 0.1) is 19.7 Å². The molecule has 21 heavy (non-hydrogen) atoms. The van der Waals surface area contributed by atoms with Gasteiger partial charge in [0.25, 0.3) is 0 Å². The Morgan fingerprint density at radius 2 is 1.86 bits per heavy atom. The predicted octanol–water partition coefficient (Wildman–Crippen LogP) is 4.41. The van der Waals surface area contributed by atoms with E-state index in [9.17, 15) is 9.18 Å². The number of anilines is 1. The maximum Gasteiger partial charge on any atom is 0.335 e. The number of aryl methyl sites for hydroxylation is 2. The van der Waals surface area contributed by atoms with Gasteiger partial charge in [-0.15, -0.1) is 0 Å². The summed E-state index contributed by atoms with van der Waals surface area (Å²) in [5.41, 5.74) is 2.91. The third-order valence-corrected chi connectivity index (χ3v) is 3.51. The molecule has 0 aromatic heterocycles. The first kappa shape index (κ1) is 15.3. The van der Waals surface area contributed by atoms with Crippen molar-refractivity contribution in [2.45, 2.75) is 20.4 Å². The van der Waals surface area contributed by atoms with Crippen molar-refractivity contribution >= 4 is 23.3 Å². The molecule has 0 bridgehead atoms. The summed E-state index contributed by atoms with van der Waals surface area (Å²) in [4.78, 5) is 10.8. The van der Waals surface area contributed by atoms with E-state index in [4.69, 9.17) is 16.7 Å². The van der Waals surface area contributed by atoms with Gasteiger partial charge in [0.2, 0.25) is 0 Å². The minimum absolute atomic E-state index is 0.138. The predicted molar refractivity (Wildman–Crippen MR) is 81.6 cm³/mol. The van der Waals surface area contributed by atoms with Gasteiger partial charge in [-0.3, -0.25) is 0 Å². The summed E-state index contributed by atoms with van der Waals surface area (Å²) in [6, 6.07) is 8.05. The van der Waals surface area contributed by atoms with Crippen LogP contribution in [-0.2, 0) is 6.54 Å². The maximum atomic E-state index is 13.6. The number of halogens is 2. The number of hydrogen-bond donors (Lipinski definition) is 2. The second kappa shape index (κ2) is 6.14. The third kappa shape index (κ3) is 3.52. The first-order valence-corrected chi connectivity index (χ1v) is 6.78. The summed E-state index contributed by atoms with van der Waals surface area (Å²) in [6.07, 6.45) is 0. The number of carboxylic acids is 1. The fraction of sp³-hybridized carbons (Fsp3) is 0.188. The fourth-order valence-electron chi connectivity index (χ4n) is 2.13. The highest BCUT2D eigenvalue weighted by atomic mass is 35.5. The summed E-state index contributed by atoms with van der Waals surface area (Å²) >= 11 is 6.04. The largest absolute Gasteiger partial charge is 0.478 e. The van der Waals surface area contributed by atoms with Gasteiger partial charge in [-0.25, -0.2) is 9.18 Å². The van der Waals surface area contributed by atoms with Crippen LogP contribution in [0.2, 0.25) is 5.02 Å². The monoisotopic (exact) mass is 307 g/mol. The van der Waals surface area contributed by atoms with Crippen molar-refractivity contribution in [2.75, 3.05) is 5.32 Å². The van der Waals surface area contributed by atoms with Crippen LogP contribution in [0.5, 0.6) is 0 Å². The Labute approximate surface area is 127 Å². The standard InChI is InChI=1S/C16H15ClFNO2/c1-9-5-11(6-10(2)15(9)18)8-19-14-4-3-12(16(20)21)7-13(14)17/h3-7,19H,8H2,1-2H3,(H,20,21). The Kier molecular flexibility index (Phi) is 4.48. The van der Waals surface area contributed by atoms with Crippen LogP contribution in [0.25, 0.3) is 0 Å². The van der Waals surface area contributed by atoms with Crippen molar-refractivity contribution in [3.8, 4) is 0 Å². The summed E-state index contributed by atoms with van der Waals surface area (Å²) in [5, 5.41) is 12.3. The van der Waals surface area contributed by atoms with Crippen LogP contribution < -0.4 is 5.32 Å². The van der Waals surface area contributed by atoms with Crippen LogP contribution in [0.4, 0.5) is 10.1 Å². The molecule has 0 aliphatic carbocycles. The molecule has 0 fully saturated rings. The van der Waals surface area contributed by atoms with Crippen LogP contribution in [0.3, 0.4) is 0 Å². The van der Waals surface area contributed by atoms with Crippen LogP contribution in [0.15, 0.2) is 30.3 Å². The van der Waals surface area contributed by atoms with Gasteiger partial charge in [-0.1, -0.05) is 23.7 Å². The molecule has 0 amide bonds. The molecule has 3 nitrogen and oxygen atoms in total. The van der Waals surface area contributed by atoms with Gasteiger partial charge in [0.15, 0.2) is 0 Å². The van der Waals surface area contributed by atoms with E-state index in [0.717, 1.165) is 5.56 Å². The highest BCUT2D eigenvalue weighted by Crippen LogP contribution is 2.24. The van der Waals surface area contributed by atoms with Crippen molar-refractivity contribution in [3.05, 3.63) is 63.4 Å². The lowest BCUT2D eigenvalue weighted by atomic mass is 10.1. The van der Waals surface area contributed by atoms with Crippen LogP contribution in [0.1, 0.15) is 27.0 Å². The number of carbonyl (C=O) groups is 1. The Morgan fingerprint density at radius 1 is 1.24 bits per heavy atom. The van der Waals surface area contributed by atoms with Crippen molar-refractivity contribution in [2.24, 2.45) is 0 Å². The molecule has 0 saturated carbocycles. The molecule has 0 atom stereocenters. The van der Waals surface area contributed by atoms with Gasteiger partial charge >= 0.3 is 5.97 Å². The molecule has 0 spiro atoms. The van der Waals surface area contributed by atoms with E-state index < -0.39 is 5.97 Å². The van der Waals surface area contributed by atoms with Crippen molar-refractivity contribution in [1.82, 2.24) is 0 Å². The minimum atomic E-state index is -1.02. The molecule has 110 valence electrons. The van der Waals surface area contributed by atoms with E-state index in [2.05, 4.69) is 5.32 Å². The quantitative estimate of drug-likeness (QED) is 0.880. The lowest BCUT2D eigenvalue weighted by molar-refractivity contribution is 0.0697. The number of carboxylic acid groups (broad SMARTS) is 1. The summed E-state index contributed by atoms with van der Waals surface area (Å²) in [6.45, 7) is 3.93. The first-order valence-electron chi connectivity index (χ1n) is 6.41. The summed E-state index contributed by atoms with van der Waals surface area (Å²) < 4.78 is 13.6. The zero-order valence-corrected chi connectivity index (χ0v) is 12.5. The first-order chi connectivity index (χ1) is 9.88. The van der Waals surface area contributed by atoms with Gasteiger partial charge in [-0.05, 0) is 48.7 Å². The van der Waals surface area contributed by atoms with Crippen LogP contribution >= 0.6 is 11.6 Å². The van der Waals surface area contributed by atoms with Crippen molar-refractivity contribution in [3.63, 3.8) is 0 Å². The minimum Gasteiger partial charge on any atom is -0.478 e. The molecule has 0 unspecified atom stereocenters. The molecule has 0 heterocycles. The number of nitrogens with one attached hydrogen (secondary N) is 1. The lowest BCUT2D eigenvalue weighted by Gasteiger charge is -2.11. The molecule has 0 saturated heterocycles. The highest BCUT2D eigenvalue weighted by molar-refractivity contribution is 6.33. The van der Waals surface area contributed by atoms with Gasteiger partial charge in [-0.2, -0.15) is 0 Å². The fourth-order valence-corrected chi connectivity index (χ4v) is 2.37.